The van der Waals surface area contributed by atoms with Crippen LogP contribution < -0.4 is 0 Å². The van der Waals surface area contributed by atoms with Gasteiger partial charge in [0.05, 0.1) is 6.61 Å². The van der Waals surface area contributed by atoms with Gasteiger partial charge in [0.25, 0.3) is 0 Å². The van der Waals surface area contributed by atoms with E-state index in [0.29, 0.717) is 17.3 Å². The van der Waals surface area contributed by atoms with Crippen LogP contribution in [0.5, 0.6) is 0 Å². The van der Waals surface area contributed by atoms with E-state index in [2.05, 4.69) is 22.1 Å². The number of aromatic amines is 1. The van der Waals surface area contributed by atoms with Gasteiger partial charge >= 0.3 is 0 Å². The topological polar surface area (TPSA) is 55.7 Å². The molecule has 5 nitrogen and oxygen atoms in total. The number of methoxy groups -OCH3 is 1. The Balaban J connectivity index is 2.31. The molecule has 0 aliphatic rings. The Morgan fingerprint density at radius 3 is 3.00 bits per heavy atom. The quantitative estimate of drug-likeness (QED) is 0.842. The molecule has 6 heteroatoms. The Hall–Kier alpha value is -1.53. The average Bonchev–Trinajstić information content (AvgIpc) is 2.73. The SMILES string of the molecule is COCC(C)Cn1c(-c2ccccn2)n[nH]c1=S. The summed E-state index contributed by atoms with van der Waals surface area (Å²) in [6, 6.07) is 5.73. The molecule has 1 unspecified atom stereocenters. The zero-order chi connectivity index (χ0) is 13.0. The van der Waals surface area contributed by atoms with Gasteiger partial charge in [0, 0.05) is 19.9 Å². The number of ether oxygens (including phenoxy) is 1. The molecule has 0 saturated carbocycles. The highest BCUT2D eigenvalue weighted by molar-refractivity contribution is 7.71. The van der Waals surface area contributed by atoms with Gasteiger partial charge in [-0.05, 0) is 30.3 Å². The first-order valence-corrected chi connectivity index (χ1v) is 6.18. The maximum atomic E-state index is 5.25. The minimum absolute atomic E-state index is 0.363. The maximum Gasteiger partial charge on any atom is 0.195 e. The summed E-state index contributed by atoms with van der Waals surface area (Å²) < 4.78 is 7.71. The fourth-order valence-electron chi connectivity index (χ4n) is 1.83. The van der Waals surface area contributed by atoms with Crippen molar-refractivity contribution in [2.24, 2.45) is 5.92 Å². The number of nitrogens with one attached hydrogen (secondary N) is 1. The molecule has 0 saturated heterocycles. The summed E-state index contributed by atoms with van der Waals surface area (Å²) >= 11 is 5.25. The van der Waals surface area contributed by atoms with Gasteiger partial charge in [-0.3, -0.25) is 14.6 Å². The lowest BCUT2D eigenvalue weighted by Gasteiger charge is -2.12. The minimum atomic E-state index is 0.363. The number of H-pyrrole nitrogens is 1. The molecule has 0 aromatic carbocycles. The average molecular weight is 264 g/mol. The van der Waals surface area contributed by atoms with Crippen molar-refractivity contribution < 1.29 is 4.74 Å². The molecule has 0 amide bonds. The van der Waals surface area contributed by atoms with Gasteiger partial charge in [0.15, 0.2) is 10.6 Å². The fraction of sp³-hybridized carbons (Fsp3) is 0.417. The van der Waals surface area contributed by atoms with Crippen LogP contribution in [0.2, 0.25) is 0 Å². The molecular formula is C12H16N4OS. The molecule has 0 radical (unpaired) electrons. The lowest BCUT2D eigenvalue weighted by molar-refractivity contribution is 0.151. The van der Waals surface area contributed by atoms with Crippen molar-refractivity contribution in [3.05, 3.63) is 29.2 Å². The number of pyridine rings is 1. The maximum absolute atomic E-state index is 5.25. The van der Waals surface area contributed by atoms with Gasteiger partial charge in [0.1, 0.15) is 5.69 Å². The molecule has 0 aliphatic carbocycles. The van der Waals surface area contributed by atoms with Crippen LogP contribution in [0.3, 0.4) is 0 Å². The number of nitrogens with zero attached hydrogens (tertiary/aromatic N) is 3. The third-order valence-corrected chi connectivity index (χ3v) is 2.91. The molecule has 2 aromatic rings. The number of hydrogen-bond acceptors (Lipinski definition) is 4. The molecule has 0 bridgehead atoms. The van der Waals surface area contributed by atoms with Crippen LogP contribution in [0.25, 0.3) is 11.5 Å². The van der Waals surface area contributed by atoms with Crippen LogP contribution in [-0.4, -0.2) is 33.5 Å². The summed E-state index contributed by atoms with van der Waals surface area (Å²) in [5.74, 6) is 1.13. The van der Waals surface area contributed by atoms with E-state index in [1.54, 1.807) is 13.3 Å². The Morgan fingerprint density at radius 2 is 2.33 bits per heavy atom. The largest absolute Gasteiger partial charge is 0.384 e. The van der Waals surface area contributed by atoms with Gasteiger partial charge in [-0.2, -0.15) is 5.10 Å². The van der Waals surface area contributed by atoms with E-state index in [4.69, 9.17) is 17.0 Å². The molecule has 0 spiro atoms. The summed E-state index contributed by atoms with van der Waals surface area (Å²) in [4.78, 5) is 4.30. The second kappa shape index (κ2) is 5.88. The van der Waals surface area contributed by atoms with Crippen LogP contribution in [0.15, 0.2) is 24.4 Å². The second-order valence-electron chi connectivity index (χ2n) is 4.24. The van der Waals surface area contributed by atoms with Gasteiger partial charge in [-0.25, -0.2) is 0 Å². The molecule has 1 N–H and O–H groups in total. The first kappa shape index (κ1) is 12.9. The van der Waals surface area contributed by atoms with Crippen molar-refractivity contribution in [2.75, 3.05) is 13.7 Å². The predicted octanol–water partition coefficient (Wildman–Crippen LogP) is 2.29. The van der Waals surface area contributed by atoms with E-state index in [1.807, 2.05) is 22.8 Å². The number of hydrogen-bond donors (Lipinski definition) is 1. The summed E-state index contributed by atoms with van der Waals surface area (Å²) in [7, 11) is 1.70. The highest BCUT2D eigenvalue weighted by Gasteiger charge is 2.12. The van der Waals surface area contributed by atoms with Crippen molar-refractivity contribution in [1.82, 2.24) is 19.7 Å². The van der Waals surface area contributed by atoms with Crippen molar-refractivity contribution in [3.63, 3.8) is 0 Å². The number of rotatable bonds is 5. The van der Waals surface area contributed by atoms with Crippen LogP contribution in [-0.2, 0) is 11.3 Å². The van der Waals surface area contributed by atoms with E-state index in [0.717, 1.165) is 18.1 Å². The van der Waals surface area contributed by atoms with E-state index >= 15 is 0 Å². The molecule has 0 fully saturated rings. The standard InChI is InChI=1S/C12H16N4OS/c1-9(8-17-2)7-16-11(14-15-12(16)18)10-5-3-4-6-13-10/h3-6,9H,7-8H2,1-2H3,(H,15,18). The molecule has 0 aliphatic heterocycles. The fourth-order valence-corrected chi connectivity index (χ4v) is 2.03. The van der Waals surface area contributed by atoms with Gasteiger partial charge in [0.2, 0.25) is 0 Å². The van der Waals surface area contributed by atoms with Gasteiger partial charge in [-0.15, -0.1) is 0 Å². The van der Waals surface area contributed by atoms with Crippen molar-refractivity contribution >= 4 is 12.2 Å². The summed E-state index contributed by atoms with van der Waals surface area (Å²) in [6.07, 6.45) is 1.75. The molecule has 2 aromatic heterocycles. The van der Waals surface area contributed by atoms with Crippen LogP contribution in [0.1, 0.15) is 6.92 Å². The molecule has 1 atom stereocenters. The van der Waals surface area contributed by atoms with E-state index in [-0.39, 0.29) is 0 Å². The smallest absolute Gasteiger partial charge is 0.195 e. The summed E-state index contributed by atoms with van der Waals surface area (Å²) in [5, 5.41) is 7.06. The predicted molar refractivity (Wildman–Crippen MR) is 71.7 cm³/mol. The van der Waals surface area contributed by atoms with E-state index in [9.17, 15) is 0 Å². The highest BCUT2D eigenvalue weighted by Crippen LogP contribution is 2.15. The monoisotopic (exact) mass is 264 g/mol. The Bertz CT molecular complexity index is 549. The van der Waals surface area contributed by atoms with Crippen LogP contribution >= 0.6 is 12.2 Å². The first-order valence-electron chi connectivity index (χ1n) is 5.78. The van der Waals surface area contributed by atoms with E-state index < -0.39 is 0 Å². The lowest BCUT2D eigenvalue weighted by atomic mass is 10.2. The normalized spacial score (nSPS) is 12.6. The lowest BCUT2D eigenvalue weighted by Crippen LogP contribution is -2.14. The van der Waals surface area contributed by atoms with Gasteiger partial charge in [-0.1, -0.05) is 13.0 Å². The summed E-state index contributed by atoms with van der Waals surface area (Å²) in [5.41, 5.74) is 0.814. The zero-order valence-electron chi connectivity index (χ0n) is 10.5. The number of aromatic nitrogens is 4. The van der Waals surface area contributed by atoms with Crippen molar-refractivity contribution in [2.45, 2.75) is 13.5 Å². The Labute approximate surface area is 111 Å². The molecule has 18 heavy (non-hydrogen) atoms. The van der Waals surface area contributed by atoms with Gasteiger partial charge < -0.3 is 4.74 Å². The highest BCUT2D eigenvalue weighted by atomic mass is 32.1. The molecule has 2 heterocycles. The minimum Gasteiger partial charge on any atom is -0.384 e. The molecule has 96 valence electrons. The van der Waals surface area contributed by atoms with E-state index in [1.165, 1.54) is 0 Å². The molecular weight excluding hydrogens is 248 g/mol. The Morgan fingerprint density at radius 1 is 1.50 bits per heavy atom. The second-order valence-corrected chi connectivity index (χ2v) is 4.63. The summed E-state index contributed by atoms with van der Waals surface area (Å²) in [6.45, 7) is 3.56. The van der Waals surface area contributed by atoms with Crippen LogP contribution in [0, 0.1) is 10.7 Å². The van der Waals surface area contributed by atoms with Crippen LogP contribution in [0.4, 0.5) is 0 Å². The van der Waals surface area contributed by atoms with Crippen molar-refractivity contribution in [1.29, 1.82) is 0 Å². The first-order chi connectivity index (χ1) is 8.72. The third-order valence-electron chi connectivity index (χ3n) is 2.60. The Kier molecular flexibility index (Phi) is 4.22. The third kappa shape index (κ3) is 2.83. The molecule has 2 rings (SSSR count). The van der Waals surface area contributed by atoms with Crippen molar-refractivity contribution in [3.8, 4) is 11.5 Å². The zero-order valence-corrected chi connectivity index (χ0v) is 11.3.